The van der Waals surface area contributed by atoms with Gasteiger partial charge >= 0.3 is 0 Å². The van der Waals surface area contributed by atoms with Gasteiger partial charge in [0.25, 0.3) is 0 Å². The second-order valence-electron chi connectivity index (χ2n) is 4.85. The Hall–Kier alpha value is -2.22. The zero-order valence-corrected chi connectivity index (χ0v) is 11.7. The predicted molar refractivity (Wildman–Crippen MR) is 78.8 cm³/mol. The smallest absolute Gasteiger partial charge is 0.140 e. The SMILES string of the molecule is N#Cc1cc(CN(CCO)Cc2ccccc2)ccc1F. The minimum Gasteiger partial charge on any atom is -0.395 e. The first-order valence-corrected chi connectivity index (χ1v) is 6.78. The quantitative estimate of drug-likeness (QED) is 0.887. The Bertz CT molecular complexity index is 622. The largest absolute Gasteiger partial charge is 0.395 e. The standard InChI is InChI=1S/C17H17FN2O/c18-17-7-6-15(10-16(17)11-19)13-20(8-9-21)12-14-4-2-1-3-5-14/h1-7,10,21H,8-9,12-13H2. The molecule has 0 unspecified atom stereocenters. The lowest BCUT2D eigenvalue weighted by molar-refractivity contribution is 0.184. The van der Waals surface area contributed by atoms with Gasteiger partial charge in [0.15, 0.2) is 0 Å². The van der Waals surface area contributed by atoms with E-state index in [0.29, 0.717) is 19.6 Å². The third-order valence-corrected chi connectivity index (χ3v) is 3.22. The highest BCUT2D eigenvalue weighted by Crippen LogP contribution is 2.13. The van der Waals surface area contributed by atoms with Crippen LogP contribution in [0.2, 0.25) is 0 Å². The van der Waals surface area contributed by atoms with Crippen LogP contribution in [0.15, 0.2) is 48.5 Å². The van der Waals surface area contributed by atoms with Crippen LogP contribution in [-0.4, -0.2) is 23.2 Å². The van der Waals surface area contributed by atoms with E-state index in [2.05, 4.69) is 4.90 Å². The third kappa shape index (κ3) is 4.38. The molecule has 2 aromatic carbocycles. The molecule has 0 heterocycles. The van der Waals surface area contributed by atoms with Crippen molar-refractivity contribution >= 4 is 0 Å². The lowest BCUT2D eigenvalue weighted by atomic mass is 10.1. The summed E-state index contributed by atoms with van der Waals surface area (Å²) >= 11 is 0. The summed E-state index contributed by atoms with van der Waals surface area (Å²) in [5.41, 5.74) is 2.06. The summed E-state index contributed by atoms with van der Waals surface area (Å²) in [6.45, 7) is 1.83. The maximum absolute atomic E-state index is 13.3. The summed E-state index contributed by atoms with van der Waals surface area (Å²) in [6, 6.07) is 16.3. The molecule has 4 heteroatoms. The van der Waals surface area contributed by atoms with Gasteiger partial charge in [-0.15, -0.1) is 0 Å². The topological polar surface area (TPSA) is 47.3 Å². The number of aliphatic hydroxyl groups excluding tert-OH is 1. The minimum atomic E-state index is -0.502. The molecule has 0 amide bonds. The fourth-order valence-electron chi connectivity index (χ4n) is 2.21. The van der Waals surface area contributed by atoms with Gasteiger partial charge in [0.05, 0.1) is 12.2 Å². The highest BCUT2D eigenvalue weighted by molar-refractivity contribution is 5.34. The highest BCUT2D eigenvalue weighted by atomic mass is 19.1. The Labute approximate surface area is 123 Å². The summed E-state index contributed by atoms with van der Waals surface area (Å²) in [6.07, 6.45) is 0. The molecule has 108 valence electrons. The van der Waals surface area contributed by atoms with Gasteiger partial charge in [0, 0.05) is 19.6 Å². The molecular weight excluding hydrogens is 267 g/mol. The van der Waals surface area contributed by atoms with Gasteiger partial charge in [-0.25, -0.2) is 4.39 Å². The van der Waals surface area contributed by atoms with Crippen molar-refractivity contribution < 1.29 is 9.50 Å². The van der Waals surface area contributed by atoms with E-state index in [-0.39, 0.29) is 12.2 Å². The number of rotatable bonds is 6. The third-order valence-electron chi connectivity index (χ3n) is 3.22. The van der Waals surface area contributed by atoms with Crippen molar-refractivity contribution in [3.05, 3.63) is 71.0 Å². The molecule has 0 fully saturated rings. The molecule has 1 N–H and O–H groups in total. The van der Waals surface area contributed by atoms with Crippen molar-refractivity contribution in [1.29, 1.82) is 5.26 Å². The second-order valence-corrected chi connectivity index (χ2v) is 4.85. The molecule has 0 saturated carbocycles. The van der Waals surface area contributed by atoms with E-state index in [1.165, 1.54) is 6.07 Å². The molecule has 0 radical (unpaired) electrons. The van der Waals surface area contributed by atoms with E-state index in [1.807, 2.05) is 36.4 Å². The molecule has 0 aromatic heterocycles. The number of hydrogen-bond donors (Lipinski definition) is 1. The molecule has 0 spiro atoms. The Kier molecular flexibility index (Phi) is 5.44. The summed E-state index contributed by atoms with van der Waals surface area (Å²) < 4.78 is 13.3. The van der Waals surface area contributed by atoms with Crippen LogP contribution in [-0.2, 0) is 13.1 Å². The average molecular weight is 284 g/mol. The predicted octanol–water partition coefficient (Wildman–Crippen LogP) is 2.69. The molecule has 0 aliphatic heterocycles. The van der Waals surface area contributed by atoms with Crippen molar-refractivity contribution in [3.8, 4) is 6.07 Å². The maximum atomic E-state index is 13.3. The second kappa shape index (κ2) is 7.53. The molecule has 0 saturated heterocycles. The van der Waals surface area contributed by atoms with Crippen molar-refractivity contribution in [2.75, 3.05) is 13.2 Å². The van der Waals surface area contributed by atoms with Gasteiger partial charge < -0.3 is 5.11 Å². The summed E-state index contributed by atoms with van der Waals surface area (Å²) in [7, 11) is 0. The van der Waals surface area contributed by atoms with E-state index in [1.54, 1.807) is 12.1 Å². The normalized spacial score (nSPS) is 10.6. The zero-order valence-electron chi connectivity index (χ0n) is 11.7. The van der Waals surface area contributed by atoms with Crippen molar-refractivity contribution in [1.82, 2.24) is 4.90 Å². The van der Waals surface area contributed by atoms with Gasteiger partial charge in [0.1, 0.15) is 11.9 Å². The van der Waals surface area contributed by atoms with E-state index in [4.69, 9.17) is 5.26 Å². The Balaban J connectivity index is 2.11. The van der Waals surface area contributed by atoms with Gasteiger partial charge in [-0.1, -0.05) is 36.4 Å². The highest BCUT2D eigenvalue weighted by Gasteiger charge is 2.09. The number of hydrogen-bond acceptors (Lipinski definition) is 3. The number of halogens is 1. The van der Waals surface area contributed by atoms with Crippen LogP contribution in [0.4, 0.5) is 4.39 Å². The maximum Gasteiger partial charge on any atom is 0.140 e. The molecule has 0 atom stereocenters. The monoisotopic (exact) mass is 284 g/mol. The average Bonchev–Trinajstić information content (AvgIpc) is 2.50. The van der Waals surface area contributed by atoms with Crippen molar-refractivity contribution in [2.24, 2.45) is 0 Å². The molecular formula is C17H17FN2O. The van der Waals surface area contributed by atoms with Gasteiger partial charge in [0.2, 0.25) is 0 Å². The fourth-order valence-corrected chi connectivity index (χ4v) is 2.21. The Morgan fingerprint density at radius 1 is 1.05 bits per heavy atom. The Morgan fingerprint density at radius 2 is 1.76 bits per heavy atom. The van der Waals surface area contributed by atoms with E-state index in [0.717, 1.165) is 11.1 Å². The van der Waals surface area contributed by atoms with E-state index >= 15 is 0 Å². The number of benzene rings is 2. The van der Waals surface area contributed by atoms with Gasteiger partial charge in [-0.05, 0) is 23.3 Å². The van der Waals surface area contributed by atoms with Gasteiger partial charge in [-0.2, -0.15) is 5.26 Å². The summed E-state index contributed by atoms with van der Waals surface area (Å²) in [4.78, 5) is 2.06. The van der Waals surface area contributed by atoms with Gasteiger partial charge in [-0.3, -0.25) is 4.90 Å². The molecule has 3 nitrogen and oxygen atoms in total. The first-order valence-electron chi connectivity index (χ1n) is 6.78. The lowest BCUT2D eigenvalue weighted by Crippen LogP contribution is -2.26. The van der Waals surface area contributed by atoms with Crippen LogP contribution < -0.4 is 0 Å². The minimum absolute atomic E-state index is 0.0520. The van der Waals surface area contributed by atoms with Crippen molar-refractivity contribution in [3.63, 3.8) is 0 Å². The van der Waals surface area contributed by atoms with Crippen LogP contribution in [0, 0.1) is 17.1 Å². The summed E-state index contributed by atoms with van der Waals surface area (Å²) in [5.74, 6) is -0.502. The van der Waals surface area contributed by atoms with Crippen LogP contribution in [0.3, 0.4) is 0 Å². The number of nitriles is 1. The summed E-state index contributed by atoms with van der Waals surface area (Å²) in [5, 5.41) is 18.1. The number of nitrogens with zero attached hydrogens (tertiary/aromatic N) is 2. The Morgan fingerprint density at radius 3 is 2.43 bits per heavy atom. The fraction of sp³-hybridized carbons (Fsp3) is 0.235. The van der Waals surface area contributed by atoms with Crippen LogP contribution in [0.1, 0.15) is 16.7 Å². The molecule has 0 bridgehead atoms. The van der Waals surface area contributed by atoms with E-state index in [9.17, 15) is 9.50 Å². The number of aliphatic hydroxyl groups is 1. The molecule has 21 heavy (non-hydrogen) atoms. The molecule has 2 aromatic rings. The van der Waals surface area contributed by atoms with Crippen LogP contribution in [0.25, 0.3) is 0 Å². The zero-order chi connectivity index (χ0) is 15.1. The molecule has 0 aliphatic carbocycles. The van der Waals surface area contributed by atoms with Crippen LogP contribution >= 0.6 is 0 Å². The first-order chi connectivity index (χ1) is 10.2. The molecule has 2 rings (SSSR count). The van der Waals surface area contributed by atoms with Crippen LogP contribution in [0.5, 0.6) is 0 Å². The van der Waals surface area contributed by atoms with E-state index < -0.39 is 5.82 Å². The molecule has 0 aliphatic rings. The van der Waals surface area contributed by atoms with Crippen molar-refractivity contribution in [2.45, 2.75) is 13.1 Å². The first kappa shape index (κ1) is 15.2. The lowest BCUT2D eigenvalue weighted by Gasteiger charge is -2.21.